The van der Waals surface area contributed by atoms with Gasteiger partial charge in [0.15, 0.2) is 0 Å². The highest BCUT2D eigenvalue weighted by atomic mass is 32.2. The summed E-state index contributed by atoms with van der Waals surface area (Å²) < 4.78 is 32.5. The molecule has 0 aromatic heterocycles. The van der Waals surface area contributed by atoms with E-state index in [9.17, 15) is 13.2 Å². The minimum atomic E-state index is -3.92. The first-order valence-corrected chi connectivity index (χ1v) is 9.44. The fraction of sp³-hybridized carbons (Fsp3) is 0.211. The third-order valence-corrected chi connectivity index (χ3v) is 5.42. The van der Waals surface area contributed by atoms with Gasteiger partial charge < -0.3 is 4.74 Å². The molecular weight excluding hydrogens is 338 g/mol. The minimum absolute atomic E-state index is 0.00205. The molecule has 1 N–H and O–H groups in total. The Kier molecular flexibility index (Phi) is 4.90. The molecule has 1 aliphatic rings. The molecule has 2 atom stereocenters. The van der Waals surface area contributed by atoms with E-state index >= 15 is 0 Å². The zero-order valence-electron chi connectivity index (χ0n) is 13.6. The van der Waals surface area contributed by atoms with E-state index in [4.69, 9.17) is 4.74 Å². The number of carbonyl (C=O) groups excluding carboxylic acids is 1. The van der Waals surface area contributed by atoms with Crippen molar-refractivity contribution in [2.45, 2.75) is 17.9 Å². The van der Waals surface area contributed by atoms with Crippen molar-refractivity contribution in [1.29, 1.82) is 0 Å². The molecule has 3 rings (SSSR count). The molecular formula is C19H19NO4S. The van der Waals surface area contributed by atoms with Crippen LogP contribution in [0.5, 0.6) is 5.75 Å². The van der Waals surface area contributed by atoms with E-state index in [1.165, 1.54) is 12.1 Å². The molecule has 0 spiro atoms. The van der Waals surface area contributed by atoms with Crippen LogP contribution in [0.15, 0.2) is 72.1 Å². The Labute approximate surface area is 147 Å². The summed E-state index contributed by atoms with van der Waals surface area (Å²) in [5.41, 5.74) is 0.980. The van der Waals surface area contributed by atoms with Crippen molar-refractivity contribution in [3.05, 3.63) is 72.8 Å². The number of allylic oxidation sites excluding steroid dienone is 1. The summed E-state index contributed by atoms with van der Waals surface area (Å²) in [4.78, 5) is 12.0. The maximum Gasteiger partial charge on any atom is 0.264 e. The van der Waals surface area contributed by atoms with Crippen molar-refractivity contribution < 1.29 is 17.9 Å². The normalized spacial score (nSPS) is 19.0. The molecule has 1 saturated carbocycles. The molecule has 0 bridgehead atoms. The predicted octanol–water partition coefficient (Wildman–Crippen LogP) is 2.89. The number of amides is 1. The molecule has 1 fully saturated rings. The van der Waals surface area contributed by atoms with Gasteiger partial charge >= 0.3 is 0 Å². The van der Waals surface area contributed by atoms with Gasteiger partial charge in [-0.1, -0.05) is 42.5 Å². The topological polar surface area (TPSA) is 72.5 Å². The van der Waals surface area contributed by atoms with Gasteiger partial charge in [0, 0.05) is 12.0 Å². The molecule has 25 heavy (non-hydrogen) atoms. The summed E-state index contributed by atoms with van der Waals surface area (Å²) >= 11 is 0. The van der Waals surface area contributed by atoms with Crippen molar-refractivity contribution in [1.82, 2.24) is 4.72 Å². The predicted molar refractivity (Wildman–Crippen MR) is 94.3 cm³/mol. The van der Waals surface area contributed by atoms with Crippen molar-refractivity contribution in [3.63, 3.8) is 0 Å². The summed E-state index contributed by atoms with van der Waals surface area (Å²) in [5.74, 6) is -0.296. The smallest absolute Gasteiger partial charge is 0.264 e. The van der Waals surface area contributed by atoms with Crippen LogP contribution in [0.1, 0.15) is 12.0 Å². The monoisotopic (exact) mass is 357 g/mol. The van der Waals surface area contributed by atoms with Crippen molar-refractivity contribution in [2.75, 3.05) is 0 Å². The van der Waals surface area contributed by atoms with Crippen LogP contribution >= 0.6 is 0 Å². The first-order valence-electron chi connectivity index (χ1n) is 7.95. The lowest BCUT2D eigenvalue weighted by atomic mass is 10.2. The maximum absolute atomic E-state index is 12.4. The van der Waals surface area contributed by atoms with Gasteiger partial charge in [-0.05, 0) is 30.0 Å². The van der Waals surface area contributed by atoms with Crippen LogP contribution in [0.25, 0.3) is 0 Å². The van der Waals surface area contributed by atoms with E-state index in [1.807, 2.05) is 30.3 Å². The van der Waals surface area contributed by atoms with Crippen molar-refractivity contribution >= 4 is 15.9 Å². The second-order valence-corrected chi connectivity index (χ2v) is 7.64. The Bertz CT molecular complexity index is 877. The first kappa shape index (κ1) is 17.2. The molecule has 0 saturated heterocycles. The molecule has 6 heteroatoms. The van der Waals surface area contributed by atoms with Gasteiger partial charge in [-0.25, -0.2) is 13.1 Å². The van der Waals surface area contributed by atoms with E-state index in [0.717, 1.165) is 5.56 Å². The largest absolute Gasteiger partial charge is 0.489 e. The number of ether oxygens (including phenoxy) is 1. The SMILES string of the molecule is C=C[C@@H]1C[C@@H]1C(=O)NS(=O)(=O)c1cccc(OCc2ccccc2)c1. The second-order valence-electron chi connectivity index (χ2n) is 5.96. The fourth-order valence-corrected chi connectivity index (χ4v) is 3.58. The van der Waals surface area contributed by atoms with Crippen LogP contribution < -0.4 is 9.46 Å². The van der Waals surface area contributed by atoms with Gasteiger partial charge in [0.2, 0.25) is 5.91 Å². The van der Waals surface area contributed by atoms with Crippen LogP contribution in [0.2, 0.25) is 0 Å². The highest BCUT2D eigenvalue weighted by molar-refractivity contribution is 7.90. The number of carbonyl (C=O) groups is 1. The van der Waals surface area contributed by atoms with Gasteiger partial charge in [-0.15, -0.1) is 6.58 Å². The Hall–Kier alpha value is -2.60. The molecule has 130 valence electrons. The zero-order chi connectivity index (χ0) is 17.9. The molecule has 1 aliphatic carbocycles. The lowest BCUT2D eigenvalue weighted by Gasteiger charge is -2.10. The average molecular weight is 357 g/mol. The molecule has 0 radical (unpaired) electrons. The summed E-state index contributed by atoms with van der Waals surface area (Å²) in [6.45, 7) is 3.95. The van der Waals surface area contributed by atoms with Crippen LogP contribution in [-0.4, -0.2) is 14.3 Å². The Morgan fingerprint density at radius 1 is 1.20 bits per heavy atom. The summed E-state index contributed by atoms with van der Waals surface area (Å²) in [6.07, 6.45) is 2.32. The molecule has 2 aromatic carbocycles. The van der Waals surface area contributed by atoms with E-state index in [2.05, 4.69) is 11.3 Å². The molecule has 5 nitrogen and oxygen atoms in total. The molecule has 0 aliphatic heterocycles. The van der Waals surface area contributed by atoms with Crippen LogP contribution in [0, 0.1) is 11.8 Å². The van der Waals surface area contributed by atoms with Crippen LogP contribution in [0.3, 0.4) is 0 Å². The van der Waals surface area contributed by atoms with E-state index < -0.39 is 15.9 Å². The highest BCUT2D eigenvalue weighted by Gasteiger charge is 2.42. The average Bonchev–Trinajstić information content (AvgIpc) is 3.41. The highest BCUT2D eigenvalue weighted by Crippen LogP contribution is 2.39. The van der Waals surface area contributed by atoms with Gasteiger partial charge in [-0.2, -0.15) is 0 Å². The lowest BCUT2D eigenvalue weighted by molar-refractivity contribution is -0.120. The van der Waals surface area contributed by atoms with Crippen molar-refractivity contribution in [3.8, 4) is 5.75 Å². The van der Waals surface area contributed by atoms with E-state index in [1.54, 1.807) is 18.2 Å². The Morgan fingerprint density at radius 2 is 1.96 bits per heavy atom. The molecule has 0 unspecified atom stereocenters. The molecule has 1 amide bonds. The number of benzene rings is 2. The summed E-state index contributed by atoms with van der Waals surface area (Å²) in [7, 11) is -3.92. The van der Waals surface area contributed by atoms with Crippen LogP contribution in [0.4, 0.5) is 0 Å². The summed E-state index contributed by atoms with van der Waals surface area (Å²) in [6, 6.07) is 15.7. The Morgan fingerprint density at radius 3 is 2.64 bits per heavy atom. The van der Waals surface area contributed by atoms with Gasteiger partial charge in [0.1, 0.15) is 12.4 Å². The number of nitrogens with one attached hydrogen (secondary N) is 1. The first-order chi connectivity index (χ1) is 12.0. The van der Waals surface area contributed by atoms with Crippen molar-refractivity contribution in [2.24, 2.45) is 11.8 Å². The minimum Gasteiger partial charge on any atom is -0.489 e. The number of hydrogen-bond acceptors (Lipinski definition) is 4. The molecule has 0 heterocycles. The molecule has 2 aromatic rings. The third kappa shape index (κ3) is 4.28. The van der Waals surface area contributed by atoms with Gasteiger partial charge in [0.05, 0.1) is 4.90 Å². The summed E-state index contributed by atoms with van der Waals surface area (Å²) in [5, 5.41) is 0. The zero-order valence-corrected chi connectivity index (χ0v) is 14.4. The lowest BCUT2D eigenvalue weighted by Crippen LogP contribution is -2.32. The number of rotatable bonds is 7. The Balaban J connectivity index is 1.67. The van der Waals surface area contributed by atoms with E-state index in [0.29, 0.717) is 18.8 Å². The van der Waals surface area contributed by atoms with E-state index in [-0.39, 0.29) is 16.7 Å². The van der Waals surface area contributed by atoms with Crippen LogP contribution in [-0.2, 0) is 21.4 Å². The quantitative estimate of drug-likeness (QED) is 0.774. The van der Waals surface area contributed by atoms with Gasteiger partial charge in [0.25, 0.3) is 10.0 Å². The second kappa shape index (κ2) is 7.11. The standard InChI is InChI=1S/C19H19NO4S/c1-2-15-11-18(15)19(21)20-25(22,23)17-10-6-9-16(12-17)24-13-14-7-4-3-5-8-14/h2-10,12,15,18H,1,11,13H2,(H,20,21)/t15-,18+/m1/s1. The third-order valence-electron chi connectivity index (χ3n) is 4.08. The maximum atomic E-state index is 12.4. The number of hydrogen-bond donors (Lipinski definition) is 1. The number of sulfonamides is 1. The fourth-order valence-electron chi connectivity index (χ4n) is 2.52. The van der Waals surface area contributed by atoms with Gasteiger partial charge in [-0.3, -0.25) is 4.79 Å².